The van der Waals surface area contributed by atoms with Gasteiger partial charge in [0.25, 0.3) is 5.91 Å². The fourth-order valence-corrected chi connectivity index (χ4v) is 2.05. The lowest BCUT2D eigenvalue weighted by molar-refractivity contribution is 0.0983. The zero-order valence-corrected chi connectivity index (χ0v) is 12.5. The molecule has 0 atom stereocenters. The Bertz CT molecular complexity index is 669. The van der Waals surface area contributed by atoms with Gasteiger partial charge in [0.2, 0.25) is 0 Å². The van der Waals surface area contributed by atoms with Crippen LogP contribution in [0, 0.1) is 0 Å². The number of hydrogen-bond acceptors (Lipinski definition) is 5. The van der Waals surface area contributed by atoms with E-state index in [1.165, 1.54) is 12.0 Å². The second kappa shape index (κ2) is 6.47. The van der Waals surface area contributed by atoms with Gasteiger partial charge in [0.05, 0.1) is 5.69 Å². The molecule has 0 radical (unpaired) electrons. The number of amides is 1. The standard InChI is InChI=1S/C14H15N3O3S/c1-17(12-6-4-3-5-10(12)13(15)21)14(18)11-7-9(8-19-2)20-16-11/h3-7H,8H2,1-2H3,(H2,15,21). The maximum atomic E-state index is 12.4. The molecule has 0 saturated carbocycles. The highest BCUT2D eigenvalue weighted by molar-refractivity contribution is 7.80. The summed E-state index contributed by atoms with van der Waals surface area (Å²) in [7, 11) is 3.17. The maximum Gasteiger partial charge on any atom is 0.280 e. The van der Waals surface area contributed by atoms with Crippen LogP contribution in [0.2, 0.25) is 0 Å². The van der Waals surface area contributed by atoms with E-state index in [1.54, 1.807) is 31.3 Å². The van der Waals surface area contributed by atoms with E-state index in [-0.39, 0.29) is 23.2 Å². The summed E-state index contributed by atoms with van der Waals surface area (Å²) in [5.74, 6) is 0.168. The van der Waals surface area contributed by atoms with E-state index >= 15 is 0 Å². The van der Waals surface area contributed by atoms with E-state index in [4.69, 9.17) is 27.2 Å². The summed E-state index contributed by atoms with van der Waals surface area (Å²) in [6, 6.07) is 8.69. The van der Waals surface area contributed by atoms with E-state index in [0.29, 0.717) is 17.0 Å². The van der Waals surface area contributed by atoms with Crippen molar-refractivity contribution in [3.63, 3.8) is 0 Å². The summed E-state index contributed by atoms with van der Waals surface area (Å²) < 4.78 is 9.94. The summed E-state index contributed by atoms with van der Waals surface area (Å²) in [6.45, 7) is 0.257. The first-order valence-electron chi connectivity index (χ1n) is 6.16. The van der Waals surface area contributed by atoms with E-state index in [9.17, 15) is 4.79 Å². The van der Waals surface area contributed by atoms with Crippen LogP contribution in [0.4, 0.5) is 5.69 Å². The molecule has 0 saturated heterocycles. The molecular weight excluding hydrogens is 290 g/mol. The minimum atomic E-state index is -0.315. The van der Waals surface area contributed by atoms with Crippen molar-refractivity contribution >= 4 is 28.8 Å². The molecule has 1 amide bonds. The zero-order valence-electron chi connectivity index (χ0n) is 11.7. The number of hydrogen-bond donors (Lipinski definition) is 1. The van der Waals surface area contributed by atoms with Crippen LogP contribution in [0.25, 0.3) is 0 Å². The molecule has 2 N–H and O–H groups in total. The third-order valence-electron chi connectivity index (χ3n) is 2.90. The molecule has 0 spiro atoms. The Morgan fingerprint density at radius 1 is 1.48 bits per heavy atom. The second-order valence-electron chi connectivity index (χ2n) is 4.36. The SMILES string of the molecule is COCc1cc(C(=O)N(C)c2ccccc2C(N)=S)no1. The third kappa shape index (κ3) is 3.26. The zero-order chi connectivity index (χ0) is 15.4. The number of para-hydroxylation sites is 1. The van der Waals surface area contributed by atoms with Gasteiger partial charge in [0, 0.05) is 25.8 Å². The molecule has 7 heteroatoms. The molecule has 6 nitrogen and oxygen atoms in total. The minimum Gasteiger partial charge on any atom is -0.389 e. The number of carbonyl (C=O) groups is 1. The maximum absolute atomic E-state index is 12.4. The molecule has 1 aromatic heterocycles. The minimum absolute atomic E-state index is 0.197. The van der Waals surface area contributed by atoms with Crippen molar-refractivity contribution in [3.05, 3.63) is 47.3 Å². The monoisotopic (exact) mass is 305 g/mol. The van der Waals surface area contributed by atoms with Crippen LogP contribution in [0.3, 0.4) is 0 Å². The Kier molecular flexibility index (Phi) is 4.66. The highest BCUT2D eigenvalue weighted by Crippen LogP contribution is 2.21. The lowest BCUT2D eigenvalue weighted by Crippen LogP contribution is -2.29. The molecular formula is C14H15N3O3S. The third-order valence-corrected chi connectivity index (χ3v) is 3.12. The van der Waals surface area contributed by atoms with Gasteiger partial charge in [-0.1, -0.05) is 29.5 Å². The van der Waals surface area contributed by atoms with Crippen LogP contribution in [0.1, 0.15) is 21.8 Å². The number of rotatable bonds is 5. The van der Waals surface area contributed by atoms with E-state index in [2.05, 4.69) is 5.16 Å². The first kappa shape index (κ1) is 15.1. The summed E-state index contributed by atoms with van der Waals surface area (Å²) >= 11 is 5.00. The summed E-state index contributed by atoms with van der Waals surface area (Å²) in [6.07, 6.45) is 0. The summed E-state index contributed by atoms with van der Waals surface area (Å²) in [5, 5.41) is 3.75. The average molecular weight is 305 g/mol. The van der Waals surface area contributed by atoms with Crippen molar-refractivity contribution in [1.82, 2.24) is 5.16 Å². The predicted octanol–water partition coefficient (Wildman–Crippen LogP) is 1.73. The predicted molar refractivity (Wildman–Crippen MR) is 82.3 cm³/mol. The van der Waals surface area contributed by atoms with Crippen molar-refractivity contribution in [2.24, 2.45) is 5.73 Å². The van der Waals surface area contributed by atoms with Crippen LogP contribution in [0.15, 0.2) is 34.9 Å². The number of anilines is 1. The topological polar surface area (TPSA) is 81.6 Å². The van der Waals surface area contributed by atoms with Gasteiger partial charge < -0.3 is 19.9 Å². The highest BCUT2D eigenvalue weighted by Gasteiger charge is 2.20. The lowest BCUT2D eigenvalue weighted by Gasteiger charge is -2.19. The number of nitrogens with two attached hydrogens (primary N) is 1. The fourth-order valence-electron chi connectivity index (χ4n) is 1.88. The van der Waals surface area contributed by atoms with Crippen LogP contribution in [-0.4, -0.2) is 30.2 Å². The molecule has 21 heavy (non-hydrogen) atoms. The average Bonchev–Trinajstić information content (AvgIpc) is 2.94. The van der Waals surface area contributed by atoms with Crippen LogP contribution in [-0.2, 0) is 11.3 Å². The van der Waals surface area contributed by atoms with Gasteiger partial charge in [-0.15, -0.1) is 0 Å². The number of methoxy groups -OCH3 is 1. The molecule has 0 fully saturated rings. The van der Waals surface area contributed by atoms with E-state index in [0.717, 1.165) is 0 Å². The number of aromatic nitrogens is 1. The first-order chi connectivity index (χ1) is 10.0. The van der Waals surface area contributed by atoms with Gasteiger partial charge in [0.15, 0.2) is 11.5 Å². The molecule has 2 aromatic rings. The van der Waals surface area contributed by atoms with Crippen LogP contribution < -0.4 is 10.6 Å². The number of carbonyl (C=O) groups excluding carboxylic acids is 1. The Morgan fingerprint density at radius 3 is 2.86 bits per heavy atom. The van der Waals surface area contributed by atoms with Crippen LogP contribution in [0.5, 0.6) is 0 Å². The van der Waals surface area contributed by atoms with Gasteiger partial charge in [0.1, 0.15) is 11.6 Å². The normalized spacial score (nSPS) is 10.4. The number of thiocarbonyl (C=S) groups is 1. The molecule has 110 valence electrons. The number of nitrogens with zero attached hydrogens (tertiary/aromatic N) is 2. The second-order valence-corrected chi connectivity index (χ2v) is 4.80. The highest BCUT2D eigenvalue weighted by atomic mass is 32.1. The van der Waals surface area contributed by atoms with Crippen molar-refractivity contribution in [3.8, 4) is 0 Å². The van der Waals surface area contributed by atoms with Crippen molar-refractivity contribution in [2.45, 2.75) is 6.61 Å². The van der Waals surface area contributed by atoms with E-state index in [1.807, 2.05) is 6.07 Å². The summed E-state index contributed by atoms with van der Waals surface area (Å²) in [5.41, 5.74) is 7.12. The van der Waals surface area contributed by atoms with Crippen molar-refractivity contribution in [1.29, 1.82) is 0 Å². The quantitative estimate of drug-likeness (QED) is 0.847. The van der Waals surface area contributed by atoms with Gasteiger partial charge in [-0.3, -0.25) is 4.79 Å². The Morgan fingerprint density at radius 2 is 2.19 bits per heavy atom. The van der Waals surface area contributed by atoms with Gasteiger partial charge in [-0.05, 0) is 12.1 Å². The Labute approximate surface area is 127 Å². The Balaban J connectivity index is 2.28. The van der Waals surface area contributed by atoms with Crippen molar-refractivity contribution in [2.75, 3.05) is 19.1 Å². The molecule has 0 aliphatic rings. The molecule has 0 aliphatic heterocycles. The molecule has 1 heterocycles. The number of benzene rings is 1. The molecule has 0 unspecified atom stereocenters. The number of ether oxygens (including phenoxy) is 1. The molecule has 1 aromatic carbocycles. The largest absolute Gasteiger partial charge is 0.389 e. The summed E-state index contributed by atoms with van der Waals surface area (Å²) in [4.78, 5) is 14.1. The van der Waals surface area contributed by atoms with Gasteiger partial charge >= 0.3 is 0 Å². The van der Waals surface area contributed by atoms with Crippen molar-refractivity contribution < 1.29 is 14.1 Å². The Hall–Kier alpha value is -2.25. The lowest BCUT2D eigenvalue weighted by atomic mass is 10.1. The first-order valence-corrected chi connectivity index (χ1v) is 6.57. The van der Waals surface area contributed by atoms with Gasteiger partial charge in [-0.2, -0.15) is 0 Å². The smallest absolute Gasteiger partial charge is 0.280 e. The molecule has 2 rings (SSSR count). The molecule has 0 aliphatic carbocycles. The molecule has 0 bridgehead atoms. The fraction of sp³-hybridized carbons (Fsp3) is 0.214. The van der Waals surface area contributed by atoms with E-state index < -0.39 is 0 Å². The van der Waals surface area contributed by atoms with Crippen LogP contribution >= 0.6 is 12.2 Å². The van der Waals surface area contributed by atoms with Gasteiger partial charge in [-0.25, -0.2) is 0 Å².